The highest BCUT2D eigenvalue weighted by atomic mass is 16.5. The predicted octanol–water partition coefficient (Wildman–Crippen LogP) is 5.06. The maximum atomic E-state index is 9.89. The van der Waals surface area contributed by atoms with E-state index in [2.05, 4.69) is 34.5 Å². The van der Waals surface area contributed by atoms with Gasteiger partial charge < -0.3 is 25.7 Å². The number of rotatable bonds is 14. The second-order valence-electron chi connectivity index (χ2n) is 9.79. The highest BCUT2D eigenvalue weighted by molar-refractivity contribution is 5.98. The van der Waals surface area contributed by atoms with Crippen molar-refractivity contribution in [2.24, 2.45) is 5.92 Å². The number of nitrogens with zero attached hydrogens (tertiary/aromatic N) is 1. The number of hydrogen-bond donors (Lipinski definition) is 4. The van der Waals surface area contributed by atoms with Crippen LogP contribution in [0.4, 0.5) is 0 Å². The minimum Gasteiger partial charge on any atom is -0.508 e. The van der Waals surface area contributed by atoms with E-state index in [1.54, 1.807) is 12.1 Å². The molecule has 0 aromatic heterocycles. The Kier molecular flexibility index (Phi) is 10.5. The predicted molar refractivity (Wildman–Crippen MR) is 155 cm³/mol. The summed E-state index contributed by atoms with van der Waals surface area (Å²) in [5, 5.41) is 30.4. The Morgan fingerprint density at radius 3 is 2.32 bits per heavy atom. The first-order valence-corrected chi connectivity index (χ1v) is 13.5. The lowest BCUT2D eigenvalue weighted by Crippen LogP contribution is -2.35. The van der Waals surface area contributed by atoms with E-state index < -0.39 is 0 Å². The fourth-order valence-electron chi connectivity index (χ4n) is 5.08. The zero-order valence-electron chi connectivity index (χ0n) is 22.0. The number of nitrogens with one attached hydrogen (secondary N) is 2. The second kappa shape index (κ2) is 14.5. The summed E-state index contributed by atoms with van der Waals surface area (Å²) in [5.74, 6) is 1.69. The van der Waals surface area contributed by atoms with E-state index in [0.717, 1.165) is 66.2 Å². The van der Waals surface area contributed by atoms with Crippen LogP contribution in [-0.4, -0.2) is 67.3 Å². The molecule has 6 heteroatoms. The molecule has 0 unspecified atom stereocenters. The normalized spacial score (nSPS) is 15.9. The van der Waals surface area contributed by atoms with Gasteiger partial charge >= 0.3 is 0 Å². The molecule has 0 radical (unpaired) electrons. The Labute approximate surface area is 226 Å². The monoisotopic (exact) mass is 513 g/mol. The van der Waals surface area contributed by atoms with Crippen LogP contribution in [0, 0.1) is 11.3 Å². The summed E-state index contributed by atoms with van der Waals surface area (Å²) in [6.07, 6.45) is 4.05. The summed E-state index contributed by atoms with van der Waals surface area (Å²) in [6, 6.07) is 25.8. The zero-order chi connectivity index (χ0) is 26.6. The number of aromatic hydroxyl groups is 1. The number of ether oxygens (including phenoxy) is 1. The lowest BCUT2D eigenvalue weighted by molar-refractivity contribution is 0.208. The lowest BCUT2D eigenvalue weighted by Gasteiger charge is -2.23. The van der Waals surface area contributed by atoms with Crippen LogP contribution in [0.2, 0.25) is 0 Å². The van der Waals surface area contributed by atoms with Gasteiger partial charge in [0.2, 0.25) is 0 Å². The third kappa shape index (κ3) is 7.78. The molecule has 38 heavy (non-hydrogen) atoms. The van der Waals surface area contributed by atoms with E-state index in [1.807, 2.05) is 42.5 Å². The van der Waals surface area contributed by atoms with Gasteiger partial charge in [0.05, 0.1) is 0 Å². The molecular formula is C32H39N3O3. The number of aliphatic hydroxyl groups is 1. The molecule has 1 heterocycles. The van der Waals surface area contributed by atoms with E-state index in [0.29, 0.717) is 25.5 Å². The molecule has 1 aliphatic heterocycles. The zero-order valence-corrected chi connectivity index (χ0v) is 22.0. The highest BCUT2D eigenvalue weighted by Crippen LogP contribution is 2.36. The van der Waals surface area contributed by atoms with Crippen LogP contribution in [0.3, 0.4) is 0 Å². The molecule has 1 aliphatic rings. The summed E-state index contributed by atoms with van der Waals surface area (Å²) >= 11 is 0. The van der Waals surface area contributed by atoms with Crippen molar-refractivity contribution < 1.29 is 14.9 Å². The Hall–Kier alpha value is -3.45. The second-order valence-corrected chi connectivity index (χ2v) is 9.79. The first-order chi connectivity index (χ1) is 18.7. The van der Waals surface area contributed by atoms with E-state index in [1.165, 1.54) is 12.6 Å². The average Bonchev–Trinajstić information content (AvgIpc) is 3.46. The van der Waals surface area contributed by atoms with E-state index in [9.17, 15) is 10.2 Å². The quantitative estimate of drug-likeness (QED) is 0.179. The third-order valence-electron chi connectivity index (χ3n) is 7.01. The van der Waals surface area contributed by atoms with E-state index >= 15 is 0 Å². The van der Waals surface area contributed by atoms with Gasteiger partial charge in [0.15, 0.2) is 0 Å². The summed E-state index contributed by atoms with van der Waals surface area (Å²) in [5.41, 5.74) is 5.42. The molecule has 6 nitrogen and oxygen atoms in total. The number of aliphatic hydroxyl groups excluding tert-OH is 1. The molecule has 0 amide bonds. The summed E-state index contributed by atoms with van der Waals surface area (Å²) in [6.45, 7) is 5.25. The molecule has 0 bridgehead atoms. The van der Waals surface area contributed by atoms with Crippen LogP contribution >= 0.6 is 0 Å². The third-order valence-corrected chi connectivity index (χ3v) is 7.01. The van der Waals surface area contributed by atoms with Gasteiger partial charge in [-0.1, -0.05) is 54.6 Å². The van der Waals surface area contributed by atoms with Gasteiger partial charge in [-0.05, 0) is 90.4 Å². The fraction of sp³-hybridized carbons (Fsp3) is 0.344. The van der Waals surface area contributed by atoms with Gasteiger partial charge in [0, 0.05) is 32.5 Å². The topological polar surface area (TPSA) is 88.8 Å². The van der Waals surface area contributed by atoms with Crippen LogP contribution < -0.4 is 10.1 Å². The van der Waals surface area contributed by atoms with E-state index in [-0.39, 0.29) is 12.4 Å². The van der Waals surface area contributed by atoms with Crippen LogP contribution in [0.25, 0.3) is 11.1 Å². The molecule has 0 saturated carbocycles. The SMILES string of the molecule is N=CCN(CCOc1ccc(/C(=C(/CCCO)c2ccccc2)c2ccc(O)cc2)cc1)C[C@H]1CCNC1. The van der Waals surface area contributed by atoms with Crippen molar-refractivity contribution in [1.82, 2.24) is 10.2 Å². The summed E-state index contributed by atoms with van der Waals surface area (Å²) in [7, 11) is 0. The maximum Gasteiger partial charge on any atom is 0.119 e. The molecular weight excluding hydrogens is 474 g/mol. The summed E-state index contributed by atoms with van der Waals surface area (Å²) in [4.78, 5) is 2.29. The first-order valence-electron chi connectivity index (χ1n) is 13.5. The Morgan fingerprint density at radius 2 is 1.68 bits per heavy atom. The highest BCUT2D eigenvalue weighted by Gasteiger charge is 2.18. The largest absolute Gasteiger partial charge is 0.508 e. The minimum absolute atomic E-state index is 0.123. The van der Waals surface area contributed by atoms with Crippen LogP contribution in [0.5, 0.6) is 11.5 Å². The molecule has 3 aromatic carbocycles. The number of phenols is 1. The van der Waals surface area contributed by atoms with Crippen molar-refractivity contribution in [1.29, 1.82) is 5.41 Å². The smallest absolute Gasteiger partial charge is 0.119 e. The van der Waals surface area contributed by atoms with E-state index in [4.69, 9.17) is 10.1 Å². The molecule has 1 saturated heterocycles. The summed E-state index contributed by atoms with van der Waals surface area (Å²) < 4.78 is 6.10. The van der Waals surface area contributed by atoms with Crippen LogP contribution in [0.15, 0.2) is 78.9 Å². The standard InChI is InChI=1S/C32H39N3O3/c33-17-19-35(24-25-16-18-34-23-25)20-22-38-30-14-10-28(11-15-30)32(27-8-12-29(37)13-9-27)31(7-4-21-36)26-5-2-1-3-6-26/h1-3,5-6,8-15,17,25,33-34,36-37H,4,7,16,18-24H2/b32-31-,33-17?/t25-/m0/s1. The molecule has 3 aromatic rings. The van der Waals surface area contributed by atoms with Crippen molar-refractivity contribution in [2.45, 2.75) is 19.3 Å². The molecule has 1 fully saturated rings. The Balaban J connectivity index is 1.54. The average molecular weight is 514 g/mol. The maximum absolute atomic E-state index is 9.89. The molecule has 0 aliphatic carbocycles. The van der Waals surface area contributed by atoms with Gasteiger partial charge in [-0.2, -0.15) is 0 Å². The van der Waals surface area contributed by atoms with Gasteiger partial charge in [0.25, 0.3) is 0 Å². The molecule has 1 atom stereocenters. The number of benzene rings is 3. The van der Waals surface area contributed by atoms with Crippen molar-refractivity contribution in [3.05, 3.63) is 95.6 Å². The van der Waals surface area contributed by atoms with Crippen molar-refractivity contribution in [3.63, 3.8) is 0 Å². The van der Waals surface area contributed by atoms with Crippen molar-refractivity contribution in [2.75, 3.05) is 45.9 Å². The molecule has 200 valence electrons. The van der Waals surface area contributed by atoms with Crippen molar-refractivity contribution in [3.8, 4) is 11.5 Å². The molecule has 4 N–H and O–H groups in total. The number of phenolic OH excluding ortho intramolecular Hbond substituents is 1. The van der Waals surface area contributed by atoms with Gasteiger partial charge in [-0.15, -0.1) is 0 Å². The van der Waals surface area contributed by atoms with Crippen molar-refractivity contribution >= 4 is 17.4 Å². The van der Waals surface area contributed by atoms with Gasteiger partial charge in [-0.25, -0.2) is 0 Å². The molecule has 0 spiro atoms. The fourth-order valence-corrected chi connectivity index (χ4v) is 5.08. The van der Waals surface area contributed by atoms with Gasteiger partial charge in [-0.3, -0.25) is 4.90 Å². The Morgan fingerprint density at radius 1 is 0.974 bits per heavy atom. The number of hydrogen-bond acceptors (Lipinski definition) is 6. The first kappa shape index (κ1) is 27.6. The number of allylic oxidation sites excluding steroid dienone is 1. The van der Waals surface area contributed by atoms with Crippen LogP contribution in [0.1, 0.15) is 36.0 Å². The van der Waals surface area contributed by atoms with Gasteiger partial charge in [0.1, 0.15) is 18.1 Å². The minimum atomic E-state index is 0.123. The lowest BCUT2D eigenvalue weighted by atomic mass is 9.87. The molecule has 4 rings (SSSR count). The Bertz CT molecular complexity index is 1150. The van der Waals surface area contributed by atoms with Crippen LogP contribution in [-0.2, 0) is 0 Å².